The Morgan fingerprint density at radius 1 is 1.21 bits per heavy atom. The first-order valence-corrected chi connectivity index (χ1v) is 10.4. The van der Waals surface area contributed by atoms with Crippen LogP contribution in [-0.4, -0.2) is 36.1 Å². The second kappa shape index (κ2) is 7.82. The summed E-state index contributed by atoms with van der Waals surface area (Å²) in [5.74, 6) is 0.247. The van der Waals surface area contributed by atoms with Gasteiger partial charge in [-0.25, -0.2) is 14.1 Å². The molecule has 1 saturated heterocycles. The summed E-state index contributed by atoms with van der Waals surface area (Å²) >= 11 is 0. The highest BCUT2D eigenvalue weighted by atomic mass is 19.1. The summed E-state index contributed by atoms with van der Waals surface area (Å²) in [4.78, 5) is 28.1. The van der Waals surface area contributed by atoms with E-state index in [0.717, 1.165) is 42.6 Å². The molecule has 1 aromatic carbocycles. The summed E-state index contributed by atoms with van der Waals surface area (Å²) in [6, 6.07) is 6.06. The highest BCUT2D eigenvalue weighted by molar-refractivity contribution is 6.06. The van der Waals surface area contributed by atoms with Gasteiger partial charge in [0.1, 0.15) is 17.9 Å². The molecule has 1 heterocycles. The van der Waals surface area contributed by atoms with Crippen LogP contribution in [0.1, 0.15) is 58.4 Å². The van der Waals surface area contributed by atoms with Crippen LogP contribution in [0.25, 0.3) is 0 Å². The molecule has 28 heavy (non-hydrogen) atoms. The van der Waals surface area contributed by atoms with Gasteiger partial charge in [0.05, 0.1) is 7.05 Å². The lowest BCUT2D eigenvalue weighted by Gasteiger charge is -2.42. The van der Waals surface area contributed by atoms with Crippen molar-refractivity contribution in [2.45, 2.75) is 65.0 Å². The molecule has 2 fully saturated rings. The zero-order chi connectivity index (χ0) is 20.5. The molecule has 6 heteroatoms. The Hall–Kier alpha value is -1.95. The lowest BCUT2D eigenvalue weighted by molar-refractivity contribution is -0.901. The molecule has 3 amide bonds. The fourth-order valence-electron chi connectivity index (χ4n) is 4.62. The maximum absolute atomic E-state index is 13.1. The lowest BCUT2D eigenvalue weighted by Crippen LogP contribution is -3.09. The van der Waals surface area contributed by atoms with Gasteiger partial charge in [0.25, 0.3) is 5.91 Å². The monoisotopic (exact) mass is 390 g/mol. The molecule has 1 spiro atoms. The number of amides is 3. The minimum atomic E-state index is -0.715. The van der Waals surface area contributed by atoms with Gasteiger partial charge in [0.2, 0.25) is 0 Å². The largest absolute Gasteiger partial charge is 0.329 e. The predicted octanol–water partition coefficient (Wildman–Crippen LogP) is 2.71. The number of hydrogen-bond donors (Lipinski definition) is 2. The van der Waals surface area contributed by atoms with Gasteiger partial charge in [-0.1, -0.05) is 39.3 Å². The van der Waals surface area contributed by atoms with Crippen molar-refractivity contribution in [2.75, 3.05) is 13.7 Å². The van der Waals surface area contributed by atoms with Gasteiger partial charge in [-0.3, -0.25) is 4.79 Å². The van der Waals surface area contributed by atoms with E-state index in [9.17, 15) is 14.0 Å². The molecular formula is C22H33FN3O2+. The number of rotatable bonds is 6. The number of halogens is 1. The first kappa shape index (κ1) is 20.8. The van der Waals surface area contributed by atoms with E-state index in [0.29, 0.717) is 19.1 Å². The van der Waals surface area contributed by atoms with E-state index in [1.165, 1.54) is 17.0 Å². The second-order valence-electron chi connectivity index (χ2n) is 9.28. The number of carbonyl (C=O) groups excluding carboxylic acids is 2. The first-order valence-electron chi connectivity index (χ1n) is 10.4. The molecule has 154 valence electrons. The maximum atomic E-state index is 13.1. The van der Waals surface area contributed by atoms with Gasteiger partial charge < -0.3 is 10.2 Å². The molecule has 1 aliphatic heterocycles. The van der Waals surface area contributed by atoms with E-state index in [-0.39, 0.29) is 23.2 Å². The van der Waals surface area contributed by atoms with Crippen LogP contribution >= 0.6 is 0 Å². The van der Waals surface area contributed by atoms with Gasteiger partial charge in [-0.05, 0) is 49.1 Å². The smallest absolute Gasteiger partial charge is 0.323 e. The van der Waals surface area contributed by atoms with E-state index in [1.807, 2.05) is 7.05 Å². The Morgan fingerprint density at radius 2 is 1.82 bits per heavy atom. The molecule has 0 aromatic heterocycles. The Kier molecular flexibility index (Phi) is 5.80. The molecule has 1 aliphatic carbocycles. The quantitative estimate of drug-likeness (QED) is 0.734. The van der Waals surface area contributed by atoms with Gasteiger partial charge >= 0.3 is 6.03 Å². The standard InChI is InChI=1S/C22H32FN3O2/c1-5-21(2,3)17-10-12-22(13-11-17)19(27)26(20(28)24-22)15-25(4)14-16-6-8-18(23)9-7-16/h6-9,17H,5,10-15H2,1-4H3,(H,24,28)/p+1. The Labute approximate surface area is 167 Å². The highest BCUT2D eigenvalue weighted by Crippen LogP contribution is 2.44. The van der Waals surface area contributed by atoms with Gasteiger partial charge in [-0.15, -0.1) is 0 Å². The Balaban J connectivity index is 1.61. The SMILES string of the molecule is CCC(C)(C)C1CCC2(CC1)NC(=O)N(C[NH+](C)Cc1ccc(F)cc1)C2=O. The van der Waals surface area contributed by atoms with Crippen LogP contribution in [0.4, 0.5) is 9.18 Å². The summed E-state index contributed by atoms with van der Waals surface area (Å²) < 4.78 is 13.1. The summed E-state index contributed by atoms with van der Waals surface area (Å²) in [5, 5.41) is 3.01. The number of imide groups is 1. The Bertz CT molecular complexity index is 724. The van der Waals surface area contributed by atoms with Gasteiger partial charge in [0, 0.05) is 5.56 Å². The number of nitrogens with zero attached hydrogens (tertiary/aromatic N) is 1. The molecule has 2 N–H and O–H groups in total. The van der Waals surface area contributed by atoms with Crippen LogP contribution in [0.15, 0.2) is 24.3 Å². The topological polar surface area (TPSA) is 53.9 Å². The molecule has 0 radical (unpaired) electrons. The number of quaternary nitrogens is 1. The predicted molar refractivity (Wildman–Crippen MR) is 106 cm³/mol. The average molecular weight is 391 g/mol. The van der Waals surface area contributed by atoms with Crippen LogP contribution < -0.4 is 10.2 Å². The summed E-state index contributed by atoms with van der Waals surface area (Å²) in [6.45, 7) is 7.74. The van der Waals surface area contributed by atoms with Crippen molar-refractivity contribution in [1.82, 2.24) is 10.2 Å². The molecular weight excluding hydrogens is 357 g/mol. The molecule has 1 aromatic rings. The summed E-state index contributed by atoms with van der Waals surface area (Å²) in [5.41, 5.74) is 0.531. The van der Waals surface area contributed by atoms with E-state index < -0.39 is 5.54 Å². The average Bonchev–Trinajstić information content (AvgIpc) is 2.88. The first-order chi connectivity index (χ1) is 13.2. The fraction of sp³-hybridized carbons (Fsp3) is 0.636. The highest BCUT2D eigenvalue weighted by Gasteiger charge is 2.54. The summed E-state index contributed by atoms with van der Waals surface area (Å²) in [6.07, 6.45) is 4.50. The van der Waals surface area contributed by atoms with Crippen LogP contribution in [0.5, 0.6) is 0 Å². The Morgan fingerprint density at radius 3 is 2.39 bits per heavy atom. The number of urea groups is 1. The normalized spacial score (nSPS) is 26.6. The van der Waals surface area contributed by atoms with Crippen LogP contribution in [-0.2, 0) is 11.3 Å². The number of nitrogens with one attached hydrogen (secondary N) is 2. The molecule has 1 unspecified atom stereocenters. The lowest BCUT2D eigenvalue weighted by atomic mass is 9.65. The van der Waals surface area contributed by atoms with E-state index in [4.69, 9.17) is 0 Å². The van der Waals surface area contributed by atoms with Crippen LogP contribution in [0.2, 0.25) is 0 Å². The number of benzene rings is 1. The van der Waals surface area contributed by atoms with Crippen molar-refractivity contribution < 1.29 is 18.9 Å². The minimum absolute atomic E-state index is 0.0799. The van der Waals surface area contributed by atoms with Crippen molar-refractivity contribution in [3.63, 3.8) is 0 Å². The summed E-state index contributed by atoms with van der Waals surface area (Å²) in [7, 11) is 1.94. The molecule has 5 nitrogen and oxygen atoms in total. The molecule has 1 saturated carbocycles. The molecule has 0 bridgehead atoms. The molecule has 2 aliphatic rings. The van der Waals surface area contributed by atoms with Crippen molar-refractivity contribution >= 4 is 11.9 Å². The third kappa shape index (κ3) is 4.07. The van der Waals surface area contributed by atoms with Gasteiger partial charge in [-0.2, -0.15) is 0 Å². The molecule has 3 rings (SSSR count). The third-order valence-electron chi connectivity index (χ3n) is 6.95. The van der Waals surface area contributed by atoms with E-state index in [2.05, 4.69) is 26.1 Å². The second-order valence-corrected chi connectivity index (χ2v) is 9.28. The van der Waals surface area contributed by atoms with Crippen LogP contribution in [0, 0.1) is 17.2 Å². The van der Waals surface area contributed by atoms with Gasteiger partial charge in [0.15, 0.2) is 6.67 Å². The number of carbonyl (C=O) groups is 2. The zero-order valence-corrected chi connectivity index (χ0v) is 17.5. The van der Waals surface area contributed by atoms with Crippen molar-refractivity contribution in [2.24, 2.45) is 11.3 Å². The van der Waals surface area contributed by atoms with E-state index in [1.54, 1.807) is 12.1 Å². The van der Waals surface area contributed by atoms with Crippen molar-refractivity contribution in [1.29, 1.82) is 0 Å². The maximum Gasteiger partial charge on any atom is 0.329 e. The fourth-order valence-corrected chi connectivity index (χ4v) is 4.62. The zero-order valence-electron chi connectivity index (χ0n) is 17.5. The van der Waals surface area contributed by atoms with Crippen LogP contribution in [0.3, 0.4) is 0 Å². The van der Waals surface area contributed by atoms with Crippen molar-refractivity contribution in [3.05, 3.63) is 35.6 Å². The minimum Gasteiger partial charge on any atom is -0.323 e. The third-order valence-corrected chi connectivity index (χ3v) is 6.95. The number of hydrogen-bond acceptors (Lipinski definition) is 2. The van der Waals surface area contributed by atoms with E-state index >= 15 is 0 Å². The molecule has 1 atom stereocenters. The van der Waals surface area contributed by atoms with Crippen molar-refractivity contribution in [3.8, 4) is 0 Å².